The number of carbonyl (C=O) groups is 3. The van der Waals surface area contributed by atoms with E-state index in [1.807, 2.05) is 0 Å². The molecule has 1 aromatic carbocycles. The zero-order valence-electron chi connectivity index (χ0n) is 15.6. The van der Waals surface area contributed by atoms with Crippen LogP contribution in [0.5, 0.6) is 0 Å². The molecular formula is C19H22N4O4. The Hall–Kier alpha value is -3.16. The number of amides is 2. The third kappa shape index (κ3) is 3.84. The summed E-state index contributed by atoms with van der Waals surface area (Å²) in [6.45, 7) is 4.86. The van der Waals surface area contributed by atoms with Crippen molar-refractivity contribution in [3.63, 3.8) is 0 Å². The standard InChI is InChI=1S/C19H22N4O4/c1-12(2)17(24)20-15-7-5-4-6-14(15)18(25)22-8-9-23-13(11-22)10-16(21-23)19(26)27-3/h4-7,10,12H,8-9,11H2,1-3H3,(H,20,24). The van der Waals surface area contributed by atoms with E-state index in [0.717, 1.165) is 5.69 Å². The minimum Gasteiger partial charge on any atom is -0.464 e. The molecule has 0 spiro atoms. The molecule has 2 amide bonds. The van der Waals surface area contributed by atoms with Gasteiger partial charge in [-0.05, 0) is 18.2 Å². The minimum atomic E-state index is -0.503. The number of hydrogen-bond acceptors (Lipinski definition) is 5. The number of para-hydroxylation sites is 1. The number of nitrogens with zero attached hydrogens (tertiary/aromatic N) is 3. The highest BCUT2D eigenvalue weighted by atomic mass is 16.5. The Labute approximate surface area is 157 Å². The topological polar surface area (TPSA) is 93.5 Å². The lowest BCUT2D eigenvalue weighted by atomic mass is 10.1. The fourth-order valence-electron chi connectivity index (χ4n) is 2.87. The molecule has 8 heteroatoms. The Morgan fingerprint density at radius 1 is 1.19 bits per heavy atom. The number of ether oxygens (including phenoxy) is 1. The summed E-state index contributed by atoms with van der Waals surface area (Å²) in [6.07, 6.45) is 0. The van der Waals surface area contributed by atoms with Crippen LogP contribution >= 0.6 is 0 Å². The van der Waals surface area contributed by atoms with Crippen LogP contribution in [-0.2, 0) is 22.6 Å². The highest BCUT2D eigenvalue weighted by molar-refractivity contribution is 6.04. The first kappa shape index (κ1) is 18.6. The molecule has 0 saturated carbocycles. The van der Waals surface area contributed by atoms with Crippen LogP contribution in [0.2, 0.25) is 0 Å². The van der Waals surface area contributed by atoms with Crippen LogP contribution in [0, 0.1) is 5.92 Å². The van der Waals surface area contributed by atoms with Crippen LogP contribution < -0.4 is 5.32 Å². The molecule has 0 bridgehead atoms. The van der Waals surface area contributed by atoms with Gasteiger partial charge in [0.25, 0.3) is 5.91 Å². The van der Waals surface area contributed by atoms with Crippen molar-refractivity contribution in [2.75, 3.05) is 19.0 Å². The van der Waals surface area contributed by atoms with Crippen molar-refractivity contribution in [3.05, 3.63) is 47.3 Å². The number of rotatable bonds is 4. The lowest BCUT2D eigenvalue weighted by molar-refractivity contribution is -0.118. The maximum Gasteiger partial charge on any atom is 0.358 e. The van der Waals surface area contributed by atoms with Gasteiger partial charge in [0.15, 0.2) is 5.69 Å². The zero-order valence-corrected chi connectivity index (χ0v) is 15.6. The molecule has 0 aliphatic carbocycles. The first-order chi connectivity index (χ1) is 12.9. The van der Waals surface area contributed by atoms with Crippen molar-refractivity contribution in [3.8, 4) is 0 Å². The molecule has 0 fully saturated rings. The molecule has 0 atom stereocenters. The van der Waals surface area contributed by atoms with Gasteiger partial charge in [0.2, 0.25) is 5.91 Å². The van der Waals surface area contributed by atoms with Gasteiger partial charge in [-0.15, -0.1) is 0 Å². The van der Waals surface area contributed by atoms with Gasteiger partial charge in [-0.25, -0.2) is 4.79 Å². The van der Waals surface area contributed by atoms with E-state index in [2.05, 4.69) is 10.4 Å². The van der Waals surface area contributed by atoms with Crippen molar-refractivity contribution in [2.45, 2.75) is 26.9 Å². The second-order valence-corrected chi connectivity index (χ2v) is 6.65. The van der Waals surface area contributed by atoms with E-state index in [-0.39, 0.29) is 23.4 Å². The van der Waals surface area contributed by atoms with Crippen LogP contribution in [0.3, 0.4) is 0 Å². The van der Waals surface area contributed by atoms with Crippen LogP contribution in [0.1, 0.15) is 40.4 Å². The summed E-state index contributed by atoms with van der Waals surface area (Å²) < 4.78 is 6.40. The summed E-state index contributed by atoms with van der Waals surface area (Å²) in [5, 5.41) is 7.02. The predicted octanol–water partition coefficient (Wildman–Crippen LogP) is 1.92. The predicted molar refractivity (Wildman–Crippen MR) is 98.2 cm³/mol. The fourth-order valence-corrected chi connectivity index (χ4v) is 2.87. The second kappa shape index (κ2) is 7.61. The number of methoxy groups -OCH3 is 1. The highest BCUT2D eigenvalue weighted by Crippen LogP contribution is 2.22. The smallest absolute Gasteiger partial charge is 0.358 e. The number of aromatic nitrogens is 2. The molecule has 8 nitrogen and oxygen atoms in total. The largest absolute Gasteiger partial charge is 0.464 e. The lowest BCUT2D eigenvalue weighted by Gasteiger charge is -2.28. The van der Waals surface area contributed by atoms with Gasteiger partial charge >= 0.3 is 5.97 Å². The number of nitrogens with one attached hydrogen (secondary N) is 1. The number of carbonyl (C=O) groups excluding carboxylic acids is 3. The summed E-state index contributed by atoms with van der Waals surface area (Å²) in [7, 11) is 1.30. The highest BCUT2D eigenvalue weighted by Gasteiger charge is 2.26. The Morgan fingerprint density at radius 3 is 2.63 bits per heavy atom. The first-order valence-electron chi connectivity index (χ1n) is 8.75. The van der Waals surface area contributed by atoms with E-state index in [1.54, 1.807) is 53.8 Å². The SMILES string of the molecule is COC(=O)c1cc2n(n1)CCN(C(=O)c1ccccc1NC(=O)C(C)C)C2. The maximum atomic E-state index is 13.0. The van der Waals surface area contributed by atoms with Crippen molar-refractivity contribution < 1.29 is 19.1 Å². The van der Waals surface area contributed by atoms with Gasteiger partial charge < -0.3 is 15.0 Å². The van der Waals surface area contributed by atoms with Gasteiger partial charge in [-0.3, -0.25) is 14.3 Å². The third-order valence-corrected chi connectivity index (χ3v) is 4.42. The number of esters is 1. The van der Waals surface area contributed by atoms with E-state index in [0.29, 0.717) is 30.9 Å². The summed E-state index contributed by atoms with van der Waals surface area (Å²) in [6, 6.07) is 8.60. The minimum absolute atomic E-state index is 0.144. The van der Waals surface area contributed by atoms with Crippen LogP contribution in [0.4, 0.5) is 5.69 Å². The van der Waals surface area contributed by atoms with E-state index >= 15 is 0 Å². The van der Waals surface area contributed by atoms with Gasteiger partial charge in [0.05, 0.1) is 37.1 Å². The van der Waals surface area contributed by atoms with Gasteiger partial charge in [0, 0.05) is 12.5 Å². The number of benzene rings is 1. The van der Waals surface area contributed by atoms with Crippen LogP contribution in [0.15, 0.2) is 30.3 Å². The molecular weight excluding hydrogens is 348 g/mol. The number of anilines is 1. The molecule has 1 N–H and O–H groups in total. The van der Waals surface area contributed by atoms with Crippen molar-refractivity contribution in [2.24, 2.45) is 5.92 Å². The first-order valence-corrected chi connectivity index (χ1v) is 8.75. The van der Waals surface area contributed by atoms with Crippen molar-refractivity contribution >= 4 is 23.5 Å². The normalized spacial score (nSPS) is 13.3. The van der Waals surface area contributed by atoms with Gasteiger partial charge in [-0.2, -0.15) is 5.10 Å². The van der Waals surface area contributed by atoms with E-state index in [1.165, 1.54) is 7.11 Å². The molecule has 1 aliphatic rings. The molecule has 0 radical (unpaired) electrons. The number of hydrogen-bond donors (Lipinski definition) is 1. The Kier molecular flexibility index (Phi) is 5.25. The Bertz CT molecular complexity index is 888. The Balaban J connectivity index is 1.80. The summed E-state index contributed by atoms with van der Waals surface area (Å²) >= 11 is 0. The molecule has 1 aliphatic heterocycles. The summed E-state index contributed by atoms with van der Waals surface area (Å²) in [4.78, 5) is 38.4. The summed E-state index contributed by atoms with van der Waals surface area (Å²) in [5.74, 6) is -1.01. The molecule has 142 valence electrons. The average Bonchev–Trinajstić information content (AvgIpc) is 3.10. The molecule has 27 heavy (non-hydrogen) atoms. The number of fused-ring (bicyclic) bond motifs is 1. The third-order valence-electron chi connectivity index (χ3n) is 4.42. The second-order valence-electron chi connectivity index (χ2n) is 6.65. The lowest BCUT2D eigenvalue weighted by Crippen LogP contribution is -2.38. The van der Waals surface area contributed by atoms with Crippen LogP contribution in [0.25, 0.3) is 0 Å². The maximum absolute atomic E-state index is 13.0. The zero-order chi connectivity index (χ0) is 19.6. The van der Waals surface area contributed by atoms with Crippen LogP contribution in [-0.4, -0.2) is 46.1 Å². The molecule has 1 aromatic heterocycles. The molecule has 2 heterocycles. The monoisotopic (exact) mass is 370 g/mol. The quantitative estimate of drug-likeness (QED) is 0.830. The average molecular weight is 370 g/mol. The van der Waals surface area contributed by atoms with Gasteiger partial charge in [0.1, 0.15) is 0 Å². The van der Waals surface area contributed by atoms with E-state index in [9.17, 15) is 14.4 Å². The summed E-state index contributed by atoms with van der Waals surface area (Å²) in [5.41, 5.74) is 1.92. The molecule has 2 aromatic rings. The van der Waals surface area contributed by atoms with Crippen molar-refractivity contribution in [1.29, 1.82) is 0 Å². The molecule has 0 saturated heterocycles. The Morgan fingerprint density at radius 2 is 1.93 bits per heavy atom. The molecule has 3 rings (SSSR count). The van der Waals surface area contributed by atoms with Crippen molar-refractivity contribution in [1.82, 2.24) is 14.7 Å². The molecule has 0 unspecified atom stereocenters. The van der Waals surface area contributed by atoms with Gasteiger partial charge in [-0.1, -0.05) is 26.0 Å². The fraction of sp³-hybridized carbons (Fsp3) is 0.368. The van der Waals surface area contributed by atoms with E-state index in [4.69, 9.17) is 4.74 Å². The van der Waals surface area contributed by atoms with E-state index < -0.39 is 5.97 Å².